The summed E-state index contributed by atoms with van der Waals surface area (Å²) in [6.45, 7) is 7.08. The second-order valence-electron chi connectivity index (χ2n) is 16.9. The lowest BCUT2D eigenvalue weighted by molar-refractivity contribution is -0.142. The molecular weight excluding hydrogens is 799 g/mol. The summed E-state index contributed by atoms with van der Waals surface area (Å²) in [7, 11) is 1.55. The number of rotatable bonds is 18. The number of ether oxygens (including phenoxy) is 2. The number of ketones is 2. The van der Waals surface area contributed by atoms with Crippen molar-refractivity contribution in [1.82, 2.24) is 15.1 Å². The molecule has 0 radical (unpaired) electrons. The molecule has 3 aromatic carbocycles. The summed E-state index contributed by atoms with van der Waals surface area (Å²) in [5.41, 5.74) is 22.7. The number of nitrogens with two attached hydrogens (primary N) is 3. The van der Waals surface area contributed by atoms with E-state index in [-0.39, 0.29) is 82.7 Å². The Morgan fingerprint density at radius 2 is 1.62 bits per heavy atom. The number of likely N-dealkylation sites (N-methyl/N-ethyl adjacent to an activating group) is 1. The quantitative estimate of drug-likeness (QED) is 0.125. The summed E-state index contributed by atoms with van der Waals surface area (Å²) in [4.78, 5) is 74.5. The van der Waals surface area contributed by atoms with Crippen LogP contribution in [0.25, 0.3) is 11.1 Å². The van der Waals surface area contributed by atoms with E-state index in [9.17, 15) is 29.2 Å². The zero-order valence-electron chi connectivity index (χ0n) is 37.3. The van der Waals surface area contributed by atoms with Crippen molar-refractivity contribution >= 4 is 29.3 Å². The highest BCUT2D eigenvalue weighted by Gasteiger charge is 2.43. The van der Waals surface area contributed by atoms with Crippen molar-refractivity contribution in [3.63, 3.8) is 0 Å². The third-order valence-corrected chi connectivity index (χ3v) is 12.1. The first-order valence-electron chi connectivity index (χ1n) is 22.4. The average Bonchev–Trinajstić information content (AvgIpc) is 3.72. The van der Waals surface area contributed by atoms with Gasteiger partial charge in [-0.05, 0) is 97.7 Å². The van der Waals surface area contributed by atoms with Gasteiger partial charge < -0.3 is 41.8 Å². The van der Waals surface area contributed by atoms with E-state index in [1.54, 1.807) is 49.2 Å². The third kappa shape index (κ3) is 12.1. The summed E-state index contributed by atoms with van der Waals surface area (Å²) in [5, 5.41) is 12.1. The minimum absolute atomic E-state index is 0.0197. The number of likely N-dealkylation sites (tertiary alicyclic amines) is 1. The summed E-state index contributed by atoms with van der Waals surface area (Å²) in [6, 6.07) is 15.4. The minimum atomic E-state index is -1.20. The van der Waals surface area contributed by atoms with Gasteiger partial charge in [0.05, 0.1) is 12.1 Å². The summed E-state index contributed by atoms with van der Waals surface area (Å²) in [6.07, 6.45) is 5.54. The number of nitriles is 1. The Bertz CT molecular complexity index is 2150. The van der Waals surface area contributed by atoms with E-state index in [1.807, 2.05) is 31.2 Å². The van der Waals surface area contributed by atoms with Gasteiger partial charge in [0.2, 0.25) is 11.8 Å². The molecule has 5 rings (SSSR count). The number of nitrogens with zero attached hydrogens (tertiary/aromatic N) is 3. The Morgan fingerprint density at radius 1 is 0.921 bits per heavy atom. The fourth-order valence-electron chi connectivity index (χ4n) is 8.66. The van der Waals surface area contributed by atoms with Crippen molar-refractivity contribution < 1.29 is 33.4 Å². The highest BCUT2D eigenvalue weighted by molar-refractivity contribution is 6.00. The molecule has 14 heteroatoms. The van der Waals surface area contributed by atoms with Crippen LogP contribution in [0.2, 0.25) is 0 Å². The first-order valence-corrected chi connectivity index (χ1v) is 22.4. The average molecular weight is 864 g/mol. The SMILES string of the molecule is CCCCCCc1ccc(C(=O)N2C[C@@H](CN)C[C@H]2C(=O)N(C)[C@@H]2C(=O)C[C@@H](C)C(=O)N[C@H](C(=O)CCC#N)Cc3ccc(OCCN)c(c3)-c3cc2ccc3OCCN)c(C)c1. The normalized spacial score (nSPS) is 20.0. The number of unbranched alkanes of at least 4 members (excludes halogenated alkanes) is 3. The Morgan fingerprint density at radius 3 is 2.27 bits per heavy atom. The Balaban J connectivity index is 1.59. The first kappa shape index (κ1) is 48.4. The van der Waals surface area contributed by atoms with E-state index < -0.39 is 41.6 Å². The van der Waals surface area contributed by atoms with Gasteiger partial charge in [-0.2, -0.15) is 5.26 Å². The van der Waals surface area contributed by atoms with Gasteiger partial charge in [0.15, 0.2) is 11.6 Å². The fraction of sp³-hybridized carbons (Fsp3) is 0.510. The number of hydrogen-bond acceptors (Lipinski definition) is 11. The van der Waals surface area contributed by atoms with Crippen LogP contribution in [0.4, 0.5) is 0 Å². The van der Waals surface area contributed by atoms with Crippen LogP contribution in [-0.4, -0.2) is 97.6 Å². The van der Waals surface area contributed by atoms with E-state index in [2.05, 4.69) is 18.3 Å². The van der Waals surface area contributed by atoms with Crippen LogP contribution in [-0.2, 0) is 32.0 Å². The molecule has 7 N–H and O–H groups in total. The van der Waals surface area contributed by atoms with Crippen molar-refractivity contribution in [2.24, 2.45) is 29.0 Å². The fourth-order valence-corrected chi connectivity index (χ4v) is 8.66. The number of benzene rings is 3. The molecule has 0 spiro atoms. The lowest BCUT2D eigenvalue weighted by atomic mass is 9.89. The number of hydrogen-bond donors (Lipinski definition) is 4. The zero-order valence-corrected chi connectivity index (χ0v) is 37.3. The minimum Gasteiger partial charge on any atom is -0.492 e. The molecule has 0 saturated carbocycles. The number of carbonyl (C=O) groups excluding carboxylic acids is 5. The highest BCUT2D eigenvalue weighted by atomic mass is 16.5. The van der Waals surface area contributed by atoms with Gasteiger partial charge >= 0.3 is 0 Å². The molecule has 14 nitrogen and oxygen atoms in total. The molecule has 2 aliphatic rings. The monoisotopic (exact) mass is 863 g/mol. The van der Waals surface area contributed by atoms with Crippen LogP contribution in [0.5, 0.6) is 11.5 Å². The second kappa shape index (κ2) is 23.2. The van der Waals surface area contributed by atoms with Crippen LogP contribution in [0.15, 0.2) is 54.6 Å². The molecule has 338 valence electrons. The molecule has 63 heavy (non-hydrogen) atoms. The Labute approximate surface area is 371 Å². The number of Topliss-reactive ketones (excluding diaryl/α,β-unsaturated/α-hetero) is 2. The maximum absolute atomic E-state index is 15.0. The lowest BCUT2D eigenvalue weighted by Crippen LogP contribution is -2.49. The smallest absolute Gasteiger partial charge is 0.254 e. The molecule has 1 fully saturated rings. The van der Waals surface area contributed by atoms with E-state index in [1.165, 1.54) is 11.3 Å². The lowest BCUT2D eigenvalue weighted by Gasteiger charge is -2.34. The van der Waals surface area contributed by atoms with E-state index in [0.717, 1.165) is 36.8 Å². The number of fused-ring (bicyclic) bond motifs is 5. The molecule has 1 saturated heterocycles. The van der Waals surface area contributed by atoms with E-state index >= 15 is 0 Å². The molecule has 0 unspecified atom stereocenters. The summed E-state index contributed by atoms with van der Waals surface area (Å²) >= 11 is 0. The van der Waals surface area contributed by atoms with Crippen molar-refractivity contribution in [3.05, 3.63) is 82.4 Å². The second-order valence-corrected chi connectivity index (χ2v) is 16.9. The molecule has 3 amide bonds. The van der Waals surface area contributed by atoms with Gasteiger partial charge in [0.25, 0.3) is 5.91 Å². The van der Waals surface area contributed by atoms with Gasteiger partial charge in [0.1, 0.15) is 36.8 Å². The summed E-state index contributed by atoms with van der Waals surface area (Å²) in [5.74, 6) is -2.12. The number of aryl methyl sites for hydroxylation is 2. The number of nitrogens with one attached hydrogen (secondary N) is 1. The highest BCUT2D eigenvalue weighted by Crippen LogP contribution is 2.41. The molecule has 2 aliphatic heterocycles. The number of carbonyl (C=O) groups is 5. The predicted octanol–water partition coefficient (Wildman–Crippen LogP) is 4.96. The summed E-state index contributed by atoms with van der Waals surface area (Å²) < 4.78 is 12.3. The van der Waals surface area contributed by atoms with Crippen LogP contribution < -0.4 is 32.0 Å². The van der Waals surface area contributed by atoms with Crippen molar-refractivity contribution in [3.8, 4) is 28.7 Å². The van der Waals surface area contributed by atoms with E-state index in [4.69, 9.17) is 26.7 Å². The van der Waals surface area contributed by atoms with Gasteiger partial charge in [0, 0.05) is 68.6 Å². The molecule has 3 aromatic rings. The predicted molar refractivity (Wildman–Crippen MR) is 242 cm³/mol. The van der Waals surface area contributed by atoms with Crippen LogP contribution in [0.3, 0.4) is 0 Å². The van der Waals surface area contributed by atoms with Gasteiger partial charge in [-0.1, -0.05) is 57.4 Å². The molecule has 2 heterocycles. The molecular formula is C49H65N7O7. The van der Waals surface area contributed by atoms with Gasteiger partial charge in [-0.15, -0.1) is 0 Å². The molecule has 4 bridgehead atoms. The van der Waals surface area contributed by atoms with Gasteiger partial charge in [-0.3, -0.25) is 24.0 Å². The largest absolute Gasteiger partial charge is 0.492 e. The molecule has 0 aliphatic carbocycles. The van der Waals surface area contributed by atoms with Crippen molar-refractivity contribution in [2.75, 3.05) is 46.4 Å². The Kier molecular flexibility index (Phi) is 17.8. The maximum atomic E-state index is 15.0. The van der Waals surface area contributed by atoms with Crippen molar-refractivity contribution in [2.45, 2.75) is 103 Å². The first-order chi connectivity index (χ1) is 30.3. The van der Waals surface area contributed by atoms with Gasteiger partial charge in [-0.25, -0.2) is 0 Å². The topological polar surface area (TPSA) is 224 Å². The van der Waals surface area contributed by atoms with E-state index in [0.29, 0.717) is 45.7 Å². The molecule has 5 atom stereocenters. The molecule has 0 aromatic heterocycles. The standard InChI is InChI=1S/C49H65N7O7/c1-5-6-7-8-10-33-12-15-37(31(2)23-33)48(60)56-30-35(29-53)27-41(56)49(61)55(4)46-36-14-17-45(63-22-20-52)39(28-36)38-25-34(13-16-44(38)62-21-19-51)26-40(42(57)11-9-18-50)54-47(59)32(3)24-43(46)58/h12-17,23,25,28,32,35,40-41,46H,5-11,19-22,24,26-27,29-30,51-53H2,1-4H3,(H,54,59)/t32-,35-,40+,41+,46+/m1/s1. The van der Waals surface area contributed by atoms with Crippen LogP contribution >= 0.6 is 0 Å². The van der Waals surface area contributed by atoms with Crippen molar-refractivity contribution in [1.29, 1.82) is 5.26 Å². The Hall–Kier alpha value is -5.62. The van der Waals surface area contributed by atoms with Crippen LogP contribution in [0, 0.1) is 30.1 Å². The zero-order chi connectivity index (χ0) is 45.6. The number of amides is 3. The van der Waals surface area contributed by atoms with Crippen LogP contribution in [0.1, 0.15) is 104 Å². The third-order valence-electron chi connectivity index (χ3n) is 12.1. The maximum Gasteiger partial charge on any atom is 0.254 e.